The number of hydrogen-bond acceptors (Lipinski definition) is 7. The maximum atomic E-state index is 13.4. The largest absolute Gasteiger partial charge is 0.379 e. The van der Waals surface area contributed by atoms with Crippen molar-refractivity contribution in [3.63, 3.8) is 0 Å². The molecule has 0 bridgehead atoms. The molecule has 1 amide bonds. The third kappa shape index (κ3) is 5.39. The Bertz CT molecular complexity index is 1150. The molecule has 0 radical (unpaired) electrons. The van der Waals surface area contributed by atoms with Gasteiger partial charge in [0, 0.05) is 38.1 Å². The summed E-state index contributed by atoms with van der Waals surface area (Å²) in [4.78, 5) is 32.7. The predicted octanol–water partition coefficient (Wildman–Crippen LogP) is 3.63. The van der Waals surface area contributed by atoms with E-state index >= 15 is 0 Å². The summed E-state index contributed by atoms with van der Waals surface area (Å²) >= 11 is 4.70. The molecule has 8 nitrogen and oxygen atoms in total. The molecule has 1 aromatic heterocycles. The SMILES string of the molecule is Cc1cc(CC(=O)[C@@]2(NC(=O)c3ccc(Br)s3)CCOC2)ccc1N1CCOCCC1=NC#N. The summed E-state index contributed by atoms with van der Waals surface area (Å²) in [6.45, 7) is 4.25. The van der Waals surface area contributed by atoms with E-state index in [1.165, 1.54) is 11.3 Å². The molecule has 2 saturated heterocycles. The van der Waals surface area contributed by atoms with Crippen LogP contribution in [0.5, 0.6) is 0 Å². The number of nitrogens with zero attached hydrogens (tertiary/aromatic N) is 3. The van der Waals surface area contributed by atoms with Crippen LogP contribution in [0, 0.1) is 18.4 Å². The Kier molecular flexibility index (Phi) is 7.78. The number of nitriles is 1. The molecule has 1 N–H and O–H groups in total. The molecular formula is C24H25BrN4O4S. The number of aliphatic imine (C=N–C) groups is 1. The van der Waals surface area contributed by atoms with Gasteiger partial charge in [-0.1, -0.05) is 12.1 Å². The quantitative estimate of drug-likeness (QED) is 0.557. The lowest BCUT2D eigenvalue weighted by Crippen LogP contribution is -2.55. The number of hydrogen-bond donors (Lipinski definition) is 1. The predicted molar refractivity (Wildman–Crippen MR) is 133 cm³/mol. The first-order valence-corrected chi connectivity index (χ1v) is 12.6. The molecule has 178 valence electrons. The van der Waals surface area contributed by atoms with Crippen LogP contribution in [-0.2, 0) is 20.7 Å². The Morgan fingerprint density at radius 2 is 2.12 bits per heavy atom. The number of nitrogens with one attached hydrogen (secondary N) is 1. The molecule has 1 atom stereocenters. The maximum absolute atomic E-state index is 13.4. The van der Waals surface area contributed by atoms with Crippen molar-refractivity contribution in [3.8, 4) is 6.19 Å². The summed E-state index contributed by atoms with van der Waals surface area (Å²) in [6.07, 6.45) is 3.08. The number of thiophene rings is 1. The minimum Gasteiger partial charge on any atom is -0.379 e. The van der Waals surface area contributed by atoms with Crippen LogP contribution in [-0.4, -0.2) is 56.0 Å². The fourth-order valence-corrected chi connectivity index (χ4v) is 5.55. The number of rotatable bonds is 6. The molecule has 10 heteroatoms. The summed E-state index contributed by atoms with van der Waals surface area (Å²) in [5, 5.41) is 12.0. The third-order valence-corrected chi connectivity index (χ3v) is 7.66. The molecule has 0 aliphatic carbocycles. The minimum atomic E-state index is -1.03. The summed E-state index contributed by atoms with van der Waals surface area (Å²) in [6, 6.07) is 9.39. The molecule has 0 spiro atoms. The van der Waals surface area contributed by atoms with E-state index in [1.807, 2.05) is 42.3 Å². The third-order valence-electron chi connectivity index (χ3n) is 6.04. The van der Waals surface area contributed by atoms with E-state index in [0.717, 1.165) is 20.6 Å². The van der Waals surface area contributed by atoms with Gasteiger partial charge in [0.1, 0.15) is 11.4 Å². The molecule has 3 heterocycles. The molecule has 2 fully saturated rings. The molecule has 4 rings (SSSR count). The molecule has 2 aliphatic heterocycles. The van der Waals surface area contributed by atoms with Crippen molar-refractivity contribution >= 4 is 50.5 Å². The highest BCUT2D eigenvalue weighted by molar-refractivity contribution is 9.11. The highest BCUT2D eigenvalue weighted by atomic mass is 79.9. The number of carbonyl (C=O) groups is 2. The number of ether oxygens (including phenoxy) is 2. The van der Waals surface area contributed by atoms with Gasteiger partial charge in [-0.3, -0.25) is 9.59 Å². The zero-order valence-corrected chi connectivity index (χ0v) is 21.2. The lowest BCUT2D eigenvalue weighted by atomic mass is 9.88. The number of aryl methyl sites for hydroxylation is 1. The van der Waals surface area contributed by atoms with E-state index in [4.69, 9.17) is 14.7 Å². The first kappa shape index (κ1) is 24.5. The topological polar surface area (TPSA) is 104 Å². The second kappa shape index (κ2) is 10.8. The van der Waals surface area contributed by atoms with Crippen LogP contribution in [0.15, 0.2) is 39.1 Å². The van der Waals surface area contributed by atoms with Crippen LogP contribution in [0.2, 0.25) is 0 Å². The van der Waals surface area contributed by atoms with Gasteiger partial charge in [0.05, 0.1) is 28.5 Å². The van der Waals surface area contributed by atoms with E-state index < -0.39 is 5.54 Å². The van der Waals surface area contributed by atoms with E-state index in [0.29, 0.717) is 49.9 Å². The fraction of sp³-hybridized carbons (Fsp3) is 0.417. The van der Waals surface area contributed by atoms with Gasteiger partial charge < -0.3 is 19.7 Å². The zero-order chi connectivity index (χ0) is 24.1. The summed E-state index contributed by atoms with van der Waals surface area (Å²) in [5.41, 5.74) is 1.73. The summed E-state index contributed by atoms with van der Waals surface area (Å²) in [7, 11) is 0. The molecule has 1 aromatic carbocycles. The zero-order valence-electron chi connectivity index (χ0n) is 18.8. The molecule has 0 saturated carbocycles. The Morgan fingerprint density at radius 1 is 1.26 bits per heavy atom. The number of amides is 1. The number of halogens is 1. The van der Waals surface area contributed by atoms with Crippen LogP contribution in [0.1, 0.15) is 33.6 Å². The molecule has 0 unspecified atom stereocenters. The van der Waals surface area contributed by atoms with Crippen molar-refractivity contribution in [1.29, 1.82) is 5.26 Å². The van der Waals surface area contributed by atoms with Gasteiger partial charge in [-0.05, 0) is 52.2 Å². The molecule has 2 aromatic rings. The number of benzene rings is 1. The second-order valence-corrected chi connectivity index (χ2v) is 10.8. The van der Waals surface area contributed by atoms with Gasteiger partial charge >= 0.3 is 0 Å². The highest BCUT2D eigenvalue weighted by Gasteiger charge is 2.43. The summed E-state index contributed by atoms with van der Waals surface area (Å²) in [5.74, 6) is 0.335. The summed E-state index contributed by atoms with van der Waals surface area (Å²) < 4.78 is 11.9. The Balaban J connectivity index is 1.51. The van der Waals surface area contributed by atoms with Crippen LogP contribution >= 0.6 is 27.3 Å². The van der Waals surface area contributed by atoms with Gasteiger partial charge in [0.2, 0.25) is 6.19 Å². The van der Waals surface area contributed by atoms with Gasteiger partial charge in [0.15, 0.2) is 5.78 Å². The van der Waals surface area contributed by atoms with Crippen LogP contribution in [0.25, 0.3) is 0 Å². The van der Waals surface area contributed by atoms with Gasteiger partial charge in [-0.2, -0.15) is 10.3 Å². The van der Waals surface area contributed by atoms with Crippen molar-refractivity contribution in [2.75, 3.05) is 37.9 Å². The van der Waals surface area contributed by atoms with E-state index in [9.17, 15) is 9.59 Å². The fourth-order valence-electron chi connectivity index (χ4n) is 4.27. The van der Waals surface area contributed by atoms with Crippen LogP contribution in [0.4, 0.5) is 5.69 Å². The maximum Gasteiger partial charge on any atom is 0.262 e. The van der Waals surface area contributed by atoms with E-state index in [-0.39, 0.29) is 24.7 Å². The average Bonchev–Trinajstić information content (AvgIpc) is 3.40. The van der Waals surface area contributed by atoms with Crippen LogP contribution in [0.3, 0.4) is 0 Å². The standard InChI is InChI=1S/C24H25BrN4O4S/c1-16-12-17(2-3-18(16)29-8-11-32-9-6-22(29)27-15-26)13-20(30)24(7-10-33-14-24)28-23(31)19-4-5-21(25)34-19/h2-5,12H,6-11,13-14H2,1H3,(H,28,31)/t24-/m1/s1. The lowest BCUT2D eigenvalue weighted by molar-refractivity contribution is -0.124. The Morgan fingerprint density at radius 3 is 2.79 bits per heavy atom. The number of carbonyl (C=O) groups excluding carboxylic acids is 2. The van der Waals surface area contributed by atoms with Gasteiger partial charge in [0.25, 0.3) is 5.91 Å². The normalized spacial score (nSPS) is 21.8. The Labute approximate surface area is 210 Å². The van der Waals surface area contributed by atoms with Crippen molar-refractivity contribution in [1.82, 2.24) is 5.32 Å². The average molecular weight is 545 g/mol. The monoisotopic (exact) mass is 544 g/mol. The van der Waals surface area contributed by atoms with Crippen molar-refractivity contribution in [2.45, 2.75) is 31.7 Å². The van der Waals surface area contributed by atoms with E-state index in [2.05, 4.69) is 26.2 Å². The van der Waals surface area contributed by atoms with Crippen molar-refractivity contribution < 1.29 is 19.1 Å². The first-order valence-electron chi connectivity index (χ1n) is 11.0. The Hall–Kier alpha value is -2.58. The first-order chi connectivity index (χ1) is 16.4. The number of Topliss-reactive ketones (excluding diaryl/α,β-unsaturated/α-hetero) is 1. The smallest absolute Gasteiger partial charge is 0.262 e. The molecular weight excluding hydrogens is 520 g/mol. The molecule has 34 heavy (non-hydrogen) atoms. The van der Waals surface area contributed by atoms with Gasteiger partial charge in [-0.15, -0.1) is 11.3 Å². The highest BCUT2D eigenvalue weighted by Crippen LogP contribution is 2.28. The number of amidine groups is 1. The number of ketones is 1. The second-order valence-electron chi connectivity index (χ2n) is 8.31. The number of anilines is 1. The van der Waals surface area contributed by atoms with E-state index in [1.54, 1.807) is 6.07 Å². The van der Waals surface area contributed by atoms with Gasteiger partial charge in [-0.25, -0.2) is 0 Å². The minimum absolute atomic E-state index is 0.0731. The lowest BCUT2D eigenvalue weighted by Gasteiger charge is -2.28. The van der Waals surface area contributed by atoms with Crippen LogP contribution < -0.4 is 10.2 Å². The van der Waals surface area contributed by atoms with Crippen molar-refractivity contribution in [2.24, 2.45) is 4.99 Å². The van der Waals surface area contributed by atoms with Crippen molar-refractivity contribution in [3.05, 3.63) is 50.1 Å². The molecule has 2 aliphatic rings.